The Hall–Kier alpha value is -0.200. The number of nitrogens with two attached hydrogens (primary N) is 1. The molecular weight excluding hydrogens is 197 g/mol. The van der Waals surface area contributed by atoms with Crippen LogP contribution in [0.3, 0.4) is 0 Å². The largest absolute Gasteiger partial charge is 0.325 e. The first kappa shape index (κ1) is 12.8. The van der Waals surface area contributed by atoms with E-state index >= 15 is 0 Å². The highest BCUT2D eigenvalue weighted by Gasteiger charge is 2.23. The van der Waals surface area contributed by atoms with Crippen molar-refractivity contribution in [2.24, 2.45) is 11.7 Å². The molecule has 0 saturated heterocycles. The van der Waals surface area contributed by atoms with Crippen LogP contribution < -0.4 is 5.73 Å². The summed E-state index contributed by atoms with van der Waals surface area (Å²) in [6.07, 6.45) is -1.30. The minimum absolute atomic E-state index is 0.203. The average Bonchev–Trinajstić information content (AvgIpc) is 1.81. The topological polar surface area (TPSA) is 80.4 Å². The normalized spacial score (nSPS) is 17.4. The van der Waals surface area contributed by atoms with Gasteiger partial charge < -0.3 is 5.73 Å². The summed E-state index contributed by atoms with van der Waals surface area (Å²) in [5.74, 6) is -0.712. The van der Waals surface area contributed by atoms with Crippen LogP contribution in [0.5, 0.6) is 0 Å². The van der Waals surface area contributed by atoms with Gasteiger partial charge in [0.05, 0.1) is 0 Å². The van der Waals surface area contributed by atoms with Gasteiger partial charge in [-0.25, -0.2) is 4.39 Å². The number of halogens is 1. The Morgan fingerprint density at radius 2 is 1.92 bits per heavy atom. The predicted molar refractivity (Wildman–Crippen MR) is 48.7 cm³/mol. The molecule has 6 heteroatoms. The molecule has 0 aliphatic rings. The molecular formula is C7H16FNO3S. The fourth-order valence-corrected chi connectivity index (χ4v) is 1.67. The highest BCUT2D eigenvalue weighted by atomic mass is 32.2. The minimum Gasteiger partial charge on any atom is -0.325 e. The van der Waals surface area contributed by atoms with Crippen LogP contribution in [-0.4, -0.2) is 30.9 Å². The Morgan fingerprint density at radius 1 is 1.46 bits per heavy atom. The van der Waals surface area contributed by atoms with Crippen LogP contribution >= 0.6 is 0 Å². The third kappa shape index (κ3) is 6.92. The first-order valence-corrected chi connectivity index (χ1v) is 5.68. The average molecular weight is 213 g/mol. The second-order valence-corrected chi connectivity index (χ2v) is 5.06. The maximum Gasteiger partial charge on any atom is 0.267 e. The third-order valence-electron chi connectivity index (χ3n) is 1.58. The molecule has 2 atom stereocenters. The molecule has 0 spiro atoms. The minimum atomic E-state index is -4.26. The van der Waals surface area contributed by atoms with E-state index in [2.05, 4.69) is 0 Å². The van der Waals surface area contributed by atoms with Gasteiger partial charge in [0.1, 0.15) is 11.9 Å². The molecule has 0 radical (unpaired) electrons. The van der Waals surface area contributed by atoms with Crippen LogP contribution in [0.15, 0.2) is 0 Å². The molecule has 0 amide bonds. The summed E-state index contributed by atoms with van der Waals surface area (Å²) in [6, 6.07) is -0.832. The molecule has 3 N–H and O–H groups in total. The van der Waals surface area contributed by atoms with Crippen molar-refractivity contribution in [1.29, 1.82) is 0 Å². The molecule has 0 heterocycles. The smallest absolute Gasteiger partial charge is 0.267 e. The highest BCUT2D eigenvalue weighted by Crippen LogP contribution is 2.10. The van der Waals surface area contributed by atoms with E-state index in [9.17, 15) is 12.8 Å². The van der Waals surface area contributed by atoms with Gasteiger partial charge >= 0.3 is 0 Å². The second-order valence-electron chi connectivity index (χ2n) is 3.56. The molecule has 0 aromatic heterocycles. The molecule has 0 saturated carbocycles. The lowest BCUT2D eigenvalue weighted by Crippen LogP contribution is -2.37. The van der Waals surface area contributed by atoms with Crippen LogP contribution in [0.2, 0.25) is 0 Å². The van der Waals surface area contributed by atoms with Gasteiger partial charge in [-0.05, 0) is 12.3 Å². The van der Waals surface area contributed by atoms with Crippen LogP contribution in [0.1, 0.15) is 20.3 Å². The van der Waals surface area contributed by atoms with E-state index in [1.54, 1.807) is 0 Å². The van der Waals surface area contributed by atoms with Crippen molar-refractivity contribution in [1.82, 2.24) is 0 Å². The Labute approximate surface area is 78.1 Å². The molecule has 0 fully saturated rings. The third-order valence-corrected chi connectivity index (χ3v) is 2.32. The number of rotatable bonds is 5. The molecule has 80 valence electrons. The Morgan fingerprint density at radius 3 is 2.23 bits per heavy atom. The van der Waals surface area contributed by atoms with Gasteiger partial charge in [-0.2, -0.15) is 8.42 Å². The monoisotopic (exact) mass is 213 g/mol. The molecule has 0 rings (SSSR count). The maximum atomic E-state index is 13.0. The summed E-state index contributed by atoms with van der Waals surface area (Å²) >= 11 is 0. The predicted octanol–water partition coefficient (Wildman–Crippen LogP) is 0.586. The van der Waals surface area contributed by atoms with Crippen molar-refractivity contribution >= 4 is 10.1 Å². The molecule has 0 unspecified atom stereocenters. The van der Waals surface area contributed by atoms with Crippen LogP contribution in [-0.2, 0) is 10.1 Å². The number of alkyl halides is 1. The molecule has 13 heavy (non-hydrogen) atoms. The fraction of sp³-hybridized carbons (Fsp3) is 1.00. The van der Waals surface area contributed by atoms with E-state index < -0.39 is 28.1 Å². The maximum absolute atomic E-state index is 13.0. The Balaban J connectivity index is 4.04. The fourth-order valence-electron chi connectivity index (χ4n) is 1.02. The van der Waals surface area contributed by atoms with E-state index in [-0.39, 0.29) is 5.92 Å². The molecule has 0 bridgehead atoms. The summed E-state index contributed by atoms with van der Waals surface area (Å²) in [5.41, 5.74) is 5.37. The quantitative estimate of drug-likeness (QED) is 0.655. The summed E-state index contributed by atoms with van der Waals surface area (Å²) in [6.45, 7) is 3.72. The van der Waals surface area contributed by atoms with Crippen LogP contribution in [0, 0.1) is 5.92 Å². The van der Waals surface area contributed by atoms with Crippen molar-refractivity contribution in [3.8, 4) is 0 Å². The summed E-state index contributed by atoms with van der Waals surface area (Å²) in [5, 5.41) is 0. The van der Waals surface area contributed by atoms with E-state index in [4.69, 9.17) is 10.3 Å². The van der Waals surface area contributed by atoms with Gasteiger partial charge in [0.15, 0.2) is 0 Å². The van der Waals surface area contributed by atoms with Crippen molar-refractivity contribution in [3.63, 3.8) is 0 Å². The van der Waals surface area contributed by atoms with Gasteiger partial charge in [0.25, 0.3) is 10.1 Å². The zero-order valence-electron chi connectivity index (χ0n) is 7.77. The van der Waals surface area contributed by atoms with Crippen molar-refractivity contribution < 1.29 is 17.4 Å². The summed E-state index contributed by atoms with van der Waals surface area (Å²) in [7, 11) is -4.26. The Kier molecular flexibility index (Phi) is 4.80. The lowest BCUT2D eigenvalue weighted by Gasteiger charge is -2.17. The SMILES string of the molecule is CC(C)C[C@H](N)[C@@H](F)CS(=O)(=O)O. The van der Waals surface area contributed by atoms with Gasteiger partial charge in [0.2, 0.25) is 0 Å². The van der Waals surface area contributed by atoms with Gasteiger partial charge in [-0.15, -0.1) is 0 Å². The lowest BCUT2D eigenvalue weighted by molar-refractivity contribution is 0.276. The molecule has 0 aromatic carbocycles. The zero-order valence-corrected chi connectivity index (χ0v) is 8.59. The first-order chi connectivity index (χ1) is 5.72. The second kappa shape index (κ2) is 4.88. The zero-order chi connectivity index (χ0) is 10.6. The van der Waals surface area contributed by atoms with Crippen molar-refractivity contribution in [3.05, 3.63) is 0 Å². The van der Waals surface area contributed by atoms with Crippen LogP contribution in [0.25, 0.3) is 0 Å². The number of hydrogen-bond acceptors (Lipinski definition) is 3. The highest BCUT2D eigenvalue weighted by molar-refractivity contribution is 7.85. The van der Waals surface area contributed by atoms with Crippen LogP contribution in [0.4, 0.5) is 4.39 Å². The van der Waals surface area contributed by atoms with Gasteiger partial charge in [0, 0.05) is 6.04 Å². The molecule has 0 aromatic rings. The summed E-state index contributed by atoms with van der Waals surface area (Å²) in [4.78, 5) is 0. The van der Waals surface area contributed by atoms with E-state index in [0.29, 0.717) is 6.42 Å². The summed E-state index contributed by atoms with van der Waals surface area (Å²) < 4.78 is 41.9. The molecule has 4 nitrogen and oxygen atoms in total. The lowest BCUT2D eigenvalue weighted by atomic mass is 10.0. The number of hydrogen-bond donors (Lipinski definition) is 2. The van der Waals surface area contributed by atoms with E-state index in [0.717, 1.165) is 0 Å². The van der Waals surface area contributed by atoms with E-state index in [1.165, 1.54) is 0 Å². The van der Waals surface area contributed by atoms with E-state index in [1.807, 2.05) is 13.8 Å². The van der Waals surface area contributed by atoms with Crippen molar-refractivity contribution in [2.75, 3.05) is 5.75 Å². The van der Waals surface area contributed by atoms with Gasteiger partial charge in [-0.1, -0.05) is 13.8 Å². The first-order valence-electron chi connectivity index (χ1n) is 4.07. The Bertz CT molecular complexity index is 240. The molecule has 0 aliphatic carbocycles. The standard InChI is InChI=1S/C7H16FNO3S/c1-5(2)3-7(9)6(8)4-13(10,11)12/h5-7H,3-4,9H2,1-2H3,(H,10,11,12)/t6-,7-/m0/s1. The molecule has 0 aliphatic heterocycles. The van der Waals surface area contributed by atoms with Crippen molar-refractivity contribution in [2.45, 2.75) is 32.5 Å². The van der Waals surface area contributed by atoms with Gasteiger partial charge in [-0.3, -0.25) is 4.55 Å².